The molecule has 1 unspecified atom stereocenters. The lowest BCUT2D eigenvalue weighted by Gasteiger charge is -2.19. The number of rotatable bonds is 5. The lowest BCUT2D eigenvalue weighted by molar-refractivity contribution is 0.0947. The third-order valence-electron chi connectivity index (χ3n) is 4.76. The zero-order valence-corrected chi connectivity index (χ0v) is 17.2. The van der Waals surface area contributed by atoms with Gasteiger partial charge in [0.25, 0.3) is 5.91 Å². The van der Waals surface area contributed by atoms with E-state index in [4.69, 9.17) is 10.5 Å². The predicted molar refractivity (Wildman–Crippen MR) is 116 cm³/mol. The second-order valence-electron chi connectivity index (χ2n) is 6.59. The molecule has 1 aliphatic heterocycles. The highest BCUT2D eigenvalue weighted by Gasteiger charge is 2.23. The molecule has 7 heteroatoms. The van der Waals surface area contributed by atoms with Crippen LogP contribution in [0.1, 0.15) is 22.3 Å². The number of hydrogen-bond donors (Lipinski definition) is 2. The van der Waals surface area contributed by atoms with E-state index < -0.39 is 0 Å². The molecule has 0 saturated carbocycles. The summed E-state index contributed by atoms with van der Waals surface area (Å²) in [4.78, 5) is 14.8. The van der Waals surface area contributed by atoms with Crippen LogP contribution in [-0.2, 0) is 0 Å². The van der Waals surface area contributed by atoms with Crippen molar-refractivity contribution < 1.29 is 9.53 Å². The number of halogens is 2. The van der Waals surface area contributed by atoms with Crippen molar-refractivity contribution >= 4 is 42.1 Å². The third-order valence-corrected chi connectivity index (χ3v) is 4.76. The van der Waals surface area contributed by atoms with Crippen molar-refractivity contribution in [3.63, 3.8) is 0 Å². The van der Waals surface area contributed by atoms with Gasteiger partial charge in [-0.2, -0.15) is 0 Å². The fourth-order valence-electron chi connectivity index (χ4n) is 3.26. The molecule has 148 valence electrons. The maximum Gasteiger partial charge on any atom is 0.251 e. The molecule has 1 saturated heterocycles. The minimum atomic E-state index is -0.0513. The number of nitrogens with zero attached hydrogens (tertiary/aromatic N) is 1. The van der Waals surface area contributed by atoms with E-state index in [-0.39, 0.29) is 30.7 Å². The summed E-state index contributed by atoms with van der Waals surface area (Å²) in [5, 5.41) is 3.06. The number of anilines is 2. The first kappa shape index (κ1) is 22.9. The quantitative estimate of drug-likeness (QED) is 0.736. The van der Waals surface area contributed by atoms with Crippen molar-refractivity contribution in [1.29, 1.82) is 0 Å². The number of carbonyl (C=O) groups excluding carboxylic acids is 1. The zero-order valence-electron chi connectivity index (χ0n) is 15.6. The lowest BCUT2D eigenvalue weighted by Crippen LogP contribution is -2.31. The van der Waals surface area contributed by atoms with Crippen LogP contribution >= 0.6 is 24.8 Å². The second kappa shape index (κ2) is 10.3. The minimum absolute atomic E-state index is 0. The van der Waals surface area contributed by atoms with Crippen LogP contribution in [0, 0.1) is 12.8 Å². The summed E-state index contributed by atoms with van der Waals surface area (Å²) in [5.41, 5.74) is 9.17. The molecule has 5 nitrogen and oxygen atoms in total. The Labute approximate surface area is 173 Å². The highest BCUT2D eigenvalue weighted by Crippen LogP contribution is 2.26. The van der Waals surface area contributed by atoms with E-state index in [2.05, 4.69) is 22.3 Å². The number of benzene rings is 2. The van der Waals surface area contributed by atoms with Crippen molar-refractivity contribution in [2.24, 2.45) is 5.92 Å². The molecule has 1 fully saturated rings. The highest BCUT2D eigenvalue weighted by atomic mass is 35.5. The van der Waals surface area contributed by atoms with E-state index in [1.54, 1.807) is 13.2 Å². The molecular formula is C20H27Cl2N3O2. The molecule has 3 rings (SSSR count). The Kier molecular flexibility index (Phi) is 8.73. The number of amides is 1. The summed E-state index contributed by atoms with van der Waals surface area (Å²) in [6.45, 7) is 4.52. The third kappa shape index (κ3) is 5.68. The first-order valence-corrected chi connectivity index (χ1v) is 8.60. The molecule has 0 aliphatic carbocycles. The number of hydrogen-bond acceptors (Lipinski definition) is 4. The van der Waals surface area contributed by atoms with Gasteiger partial charge in [0.05, 0.1) is 7.11 Å². The van der Waals surface area contributed by atoms with E-state index in [1.807, 2.05) is 31.2 Å². The van der Waals surface area contributed by atoms with Crippen molar-refractivity contribution in [2.75, 3.05) is 37.4 Å². The van der Waals surface area contributed by atoms with Crippen LogP contribution in [-0.4, -0.2) is 32.7 Å². The van der Waals surface area contributed by atoms with Crippen molar-refractivity contribution in [3.8, 4) is 5.75 Å². The van der Waals surface area contributed by atoms with Crippen molar-refractivity contribution in [2.45, 2.75) is 13.3 Å². The molecule has 1 atom stereocenters. The molecular weight excluding hydrogens is 385 g/mol. The standard InChI is InChI=1S/C20H25N3O2.2ClH/c1-14-6-7-16(21)10-19(14)20(24)22-12-15-8-9-23(13-15)17-4-3-5-18(11-17)25-2;;/h3-7,10-11,15H,8-9,12-13,21H2,1-2H3,(H,22,24);2*1H. The number of nitrogens with two attached hydrogens (primary N) is 1. The molecule has 0 bridgehead atoms. The number of methoxy groups -OCH3 is 1. The van der Waals surface area contributed by atoms with Gasteiger partial charge >= 0.3 is 0 Å². The van der Waals surface area contributed by atoms with Crippen LogP contribution in [0.15, 0.2) is 42.5 Å². The van der Waals surface area contributed by atoms with Gasteiger partial charge in [0.2, 0.25) is 0 Å². The van der Waals surface area contributed by atoms with E-state index in [1.165, 1.54) is 5.69 Å². The van der Waals surface area contributed by atoms with E-state index in [0.717, 1.165) is 30.8 Å². The van der Waals surface area contributed by atoms with Gasteiger partial charge in [0, 0.05) is 42.6 Å². The largest absolute Gasteiger partial charge is 0.497 e. The van der Waals surface area contributed by atoms with Gasteiger partial charge in [0.15, 0.2) is 0 Å². The topological polar surface area (TPSA) is 67.6 Å². The summed E-state index contributed by atoms with van der Waals surface area (Å²) in [6, 6.07) is 13.5. The Balaban J connectivity index is 0.00000182. The number of nitrogens with one attached hydrogen (secondary N) is 1. The number of carbonyl (C=O) groups is 1. The van der Waals surface area contributed by atoms with Gasteiger partial charge in [0.1, 0.15) is 5.75 Å². The Morgan fingerprint density at radius 2 is 2.04 bits per heavy atom. The summed E-state index contributed by atoms with van der Waals surface area (Å²) in [5.74, 6) is 1.26. The van der Waals surface area contributed by atoms with Crippen LogP contribution in [0.5, 0.6) is 5.75 Å². The average Bonchev–Trinajstić information content (AvgIpc) is 3.11. The van der Waals surface area contributed by atoms with Gasteiger partial charge in [-0.25, -0.2) is 0 Å². The molecule has 0 spiro atoms. The summed E-state index contributed by atoms with van der Waals surface area (Å²) < 4.78 is 5.30. The Morgan fingerprint density at radius 3 is 2.78 bits per heavy atom. The predicted octanol–water partition coefficient (Wildman–Crippen LogP) is 3.69. The average molecular weight is 412 g/mol. The second-order valence-corrected chi connectivity index (χ2v) is 6.59. The van der Waals surface area contributed by atoms with E-state index in [0.29, 0.717) is 23.7 Å². The van der Waals surface area contributed by atoms with Crippen LogP contribution in [0.3, 0.4) is 0 Å². The fourth-order valence-corrected chi connectivity index (χ4v) is 3.26. The number of aryl methyl sites for hydroxylation is 1. The van der Waals surface area contributed by atoms with E-state index in [9.17, 15) is 4.79 Å². The molecule has 1 amide bonds. The molecule has 2 aromatic carbocycles. The highest BCUT2D eigenvalue weighted by molar-refractivity contribution is 5.96. The van der Waals surface area contributed by atoms with Gasteiger partial charge in [-0.1, -0.05) is 12.1 Å². The fraction of sp³-hybridized carbons (Fsp3) is 0.350. The molecule has 0 radical (unpaired) electrons. The van der Waals surface area contributed by atoms with Crippen LogP contribution in [0.2, 0.25) is 0 Å². The first-order valence-electron chi connectivity index (χ1n) is 8.60. The normalized spacial score (nSPS) is 15.5. The maximum atomic E-state index is 12.4. The molecule has 3 N–H and O–H groups in total. The first-order chi connectivity index (χ1) is 12.1. The molecule has 2 aromatic rings. The minimum Gasteiger partial charge on any atom is -0.497 e. The molecule has 27 heavy (non-hydrogen) atoms. The van der Waals surface area contributed by atoms with Gasteiger partial charge in [-0.05, 0) is 49.1 Å². The Hall–Kier alpha value is -2.11. The molecule has 1 heterocycles. The Bertz CT molecular complexity index is 771. The van der Waals surface area contributed by atoms with Crippen LogP contribution in [0.4, 0.5) is 11.4 Å². The van der Waals surface area contributed by atoms with Crippen molar-refractivity contribution in [3.05, 3.63) is 53.6 Å². The van der Waals surface area contributed by atoms with Gasteiger partial charge < -0.3 is 20.7 Å². The van der Waals surface area contributed by atoms with Crippen LogP contribution < -0.4 is 20.7 Å². The van der Waals surface area contributed by atoms with Gasteiger partial charge in [-0.15, -0.1) is 24.8 Å². The smallest absolute Gasteiger partial charge is 0.251 e. The summed E-state index contributed by atoms with van der Waals surface area (Å²) >= 11 is 0. The van der Waals surface area contributed by atoms with Crippen LogP contribution in [0.25, 0.3) is 0 Å². The van der Waals surface area contributed by atoms with Crippen molar-refractivity contribution in [1.82, 2.24) is 5.32 Å². The summed E-state index contributed by atoms with van der Waals surface area (Å²) in [7, 11) is 1.68. The lowest BCUT2D eigenvalue weighted by atomic mass is 10.1. The SMILES string of the molecule is COc1cccc(N2CCC(CNC(=O)c3cc(N)ccc3C)C2)c1.Cl.Cl. The number of nitrogen functional groups attached to an aromatic ring is 1. The maximum absolute atomic E-state index is 12.4. The molecule has 0 aromatic heterocycles. The zero-order chi connectivity index (χ0) is 17.8. The van der Waals surface area contributed by atoms with E-state index >= 15 is 0 Å². The van der Waals surface area contributed by atoms with Gasteiger partial charge in [-0.3, -0.25) is 4.79 Å². The summed E-state index contributed by atoms with van der Waals surface area (Å²) in [6.07, 6.45) is 1.06. The monoisotopic (exact) mass is 411 g/mol. The molecule has 1 aliphatic rings. The Morgan fingerprint density at radius 1 is 1.26 bits per heavy atom. The number of ether oxygens (including phenoxy) is 1.